The monoisotopic (exact) mass is 367 g/mol. The van der Waals surface area contributed by atoms with Crippen LogP contribution in [-0.2, 0) is 19.6 Å². The van der Waals surface area contributed by atoms with E-state index in [0.717, 1.165) is 7.11 Å². The maximum atomic E-state index is 12.8. The summed E-state index contributed by atoms with van der Waals surface area (Å²) in [5.41, 5.74) is -0.0132. The first-order chi connectivity index (χ1) is 11.7. The first kappa shape index (κ1) is 18.7. The molecule has 1 aromatic carbocycles. The molecule has 0 fully saturated rings. The summed E-state index contributed by atoms with van der Waals surface area (Å²) in [5.74, 6) is -2.24. The number of benzene rings is 1. The van der Waals surface area contributed by atoms with Gasteiger partial charge in [-0.15, -0.1) is 0 Å². The van der Waals surface area contributed by atoms with Crippen LogP contribution in [0.5, 0.6) is 0 Å². The van der Waals surface area contributed by atoms with Gasteiger partial charge in [0.1, 0.15) is 28.0 Å². The van der Waals surface area contributed by atoms with Crippen molar-refractivity contribution in [1.29, 1.82) is 0 Å². The highest BCUT2D eigenvalue weighted by Crippen LogP contribution is 2.28. The van der Waals surface area contributed by atoms with E-state index in [1.54, 1.807) is 18.2 Å². The molecule has 8 nitrogen and oxygen atoms in total. The fourth-order valence-corrected chi connectivity index (χ4v) is 4.03. The number of rotatable bonds is 6. The number of carbonyl (C=O) groups is 2. The third kappa shape index (κ3) is 3.72. The lowest BCUT2D eigenvalue weighted by molar-refractivity contribution is -0.139. The Balaban J connectivity index is 2.52. The van der Waals surface area contributed by atoms with Gasteiger partial charge in [-0.1, -0.05) is 30.3 Å². The van der Waals surface area contributed by atoms with Crippen molar-refractivity contribution in [2.45, 2.75) is 24.8 Å². The highest BCUT2D eigenvalue weighted by molar-refractivity contribution is 7.89. The lowest BCUT2D eigenvalue weighted by Gasteiger charge is -2.15. The zero-order valence-corrected chi connectivity index (χ0v) is 14.6. The van der Waals surface area contributed by atoms with Crippen molar-refractivity contribution >= 4 is 22.0 Å². The van der Waals surface area contributed by atoms with Gasteiger partial charge in [0.2, 0.25) is 10.0 Å². The summed E-state index contributed by atoms with van der Waals surface area (Å²) in [6.07, 6.45) is 0. The SMILES string of the molecule is COC(=O)c1c(C)oc(C)c1S(=O)(=O)N[C@@H](C(=O)O)c1ccccc1. The quantitative estimate of drug-likeness (QED) is 0.746. The smallest absolute Gasteiger partial charge is 0.342 e. The van der Waals surface area contributed by atoms with Crippen molar-refractivity contribution in [2.24, 2.45) is 0 Å². The van der Waals surface area contributed by atoms with Crippen LogP contribution in [0.2, 0.25) is 0 Å². The van der Waals surface area contributed by atoms with E-state index in [9.17, 15) is 23.1 Å². The van der Waals surface area contributed by atoms with E-state index >= 15 is 0 Å². The van der Waals surface area contributed by atoms with Crippen molar-refractivity contribution in [1.82, 2.24) is 4.72 Å². The fraction of sp³-hybridized carbons (Fsp3) is 0.250. The van der Waals surface area contributed by atoms with Gasteiger partial charge in [-0.25, -0.2) is 13.2 Å². The molecule has 1 atom stereocenters. The minimum absolute atomic E-state index is 0.0393. The summed E-state index contributed by atoms with van der Waals surface area (Å²) < 4.78 is 37.4. The van der Waals surface area contributed by atoms with Gasteiger partial charge in [-0.3, -0.25) is 4.79 Å². The maximum absolute atomic E-state index is 12.8. The minimum atomic E-state index is -4.37. The number of carboxylic acids is 1. The summed E-state index contributed by atoms with van der Waals surface area (Å²) in [6, 6.07) is 6.30. The molecule has 0 aliphatic carbocycles. The van der Waals surface area contributed by atoms with E-state index in [4.69, 9.17) is 4.42 Å². The van der Waals surface area contributed by atoms with Crippen molar-refractivity contribution in [3.63, 3.8) is 0 Å². The van der Waals surface area contributed by atoms with Crippen LogP contribution in [0, 0.1) is 13.8 Å². The second kappa shape index (κ2) is 7.08. The Morgan fingerprint density at radius 2 is 1.76 bits per heavy atom. The third-order valence-corrected chi connectivity index (χ3v) is 5.09. The summed E-state index contributed by atoms with van der Waals surface area (Å²) >= 11 is 0. The number of esters is 1. The number of carbonyl (C=O) groups excluding carboxylic acids is 1. The number of nitrogens with one attached hydrogen (secondary N) is 1. The molecule has 1 aromatic heterocycles. The van der Waals surface area contributed by atoms with Gasteiger partial charge in [0, 0.05) is 0 Å². The van der Waals surface area contributed by atoms with Crippen molar-refractivity contribution in [3.05, 3.63) is 53.0 Å². The molecule has 9 heteroatoms. The van der Waals surface area contributed by atoms with Gasteiger partial charge in [0.05, 0.1) is 7.11 Å². The van der Waals surface area contributed by atoms with Crippen LogP contribution in [-0.4, -0.2) is 32.6 Å². The van der Waals surface area contributed by atoms with Crippen molar-refractivity contribution in [2.75, 3.05) is 7.11 Å². The summed E-state index contributed by atoms with van der Waals surface area (Å²) in [7, 11) is -3.26. The van der Waals surface area contributed by atoms with E-state index in [2.05, 4.69) is 9.46 Å². The van der Waals surface area contributed by atoms with E-state index in [-0.39, 0.29) is 22.6 Å². The van der Waals surface area contributed by atoms with Gasteiger partial charge in [0.15, 0.2) is 0 Å². The number of furan rings is 1. The van der Waals surface area contributed by atoms with Crippen molar-refractivity contribution in [3.8, 4) is 0 Å². The largest absolute Gasteiger partial charge is 0.480 e. The van der Waals surface area contributed by atoms with Gasteiger partial charge in [-0.05, 0) is 19.4 Å². The Morgan fingerprint density at radius 3 is 2.28 bits per heavy atom. The Labute approximate surface area is 144 Å². The summed E-state index contributed by atoms with van der Waals surface area (Å²) in [5, 5.41) is 9.39. The summed E-state index contributed by atoms with van der Waals surface area (Å²) in [6.45, 7) is 2.79. The molecule has 0 saturated heterocycles. The normalized spacial score (nSPS) is 12.6. The molecular weight excluding hydrogens is 350 g/mol. The van der Waals surface area contributed by atoms with Gasteiger partial charge < -0.3 is 14.3 Å². The molecule has 0 aliphatic heterocycles. The number of sulfonamides is 1. The minimum Gasteiger partial charge on any atom is -0.480 e. The Morgan fingerprint density at radius 1 is 1.16 bits per heavy atom. The highest BCUT2D eigenvalue weighted by atomic mass is 32.2. The van der Waals surface area contributed by atoms with Gasteiger partial charge >= 0.3 is 11.9 Å². The van der Waals surface area contributed by atoms with Crippen LogP contribution in [0.3, 0.4) is 0 Å². The predicted octanol–water partition coefficient (Wildman–Crippen LogP) is 1.79. The molecule has 2 aromatic rings. The number of aliphatic carboxylic acids is 1. The molecule has 0 spiro atoms. The molecule has 2 N–H and O–H groups in total. The van der Waals surface area contributed by atoms with Crippen LogP contribution in [0.15, 0.2) is 39.6 Å². The van der Waals surface area contributed by atoms with Gasteiger partial charge in [0.25, 0.3) is 0 Å². The maximum Gasteiger partial charge on any atom is 0.342 e. The number of hydrogen-bond donors (Lipinski definition) is 2. The van der Waals surface area contributed by atoms with E-state index in [0.29, 0.717) is 0 Å². The Bertz CT molecular complexity index is 900. The average molecular weight is 367 g/mol. The molecule has 0 aliphatic rings. The molecule has 0 bridgehead atoms. The molecule has 0 amide bonds. The first-order valence-electron chi connectivity index (χ1n) is 7.17. The van der Waals surface area contributed by atoms with Crippen LogP contribution >= 0.6 is 0 Å². The van der Waals surface area contributed by atoms with Gasteiger partial charge in [-0.2, -0.15) is 4.72 Å². The van der Waals surface area contributed by atoms with E-state index < -0.39 is 32.9 Å². The molecule has 0 saturated carbocycles. The molecule has 2 rings (SSSR count). The second-order valence-electron chi connectivity index (χ2n) is 5.21. The van der Waals surface area contributed by atoms with E-state index in [1.165, 1.54) is 26.0 Å². The van der Waals surface area contributed by atoms with Crippen LogP contribution < -0.4 is 4.72 Å². The average Bonchev–Trinajstić information content (AvgIpc) is 2.87. The fourth-order valence-electron chi connectivity index (χ4n) is 2.45. The standard InChI is InChI=1S/C16H17NO7S/c1-9-12(16(20)23-3)14(10(2)24-9)25(21,22)17-13(15(18)19)11-7-5-4-6-8-11/h4-8,13,17H,1-3H3,(H,18,19)/t13-/m1/s1. The molecule has 1 heterocycles. The number of carboxylic acid groups (broad SMARTS) is 1. The second-order valence-corrected chi connectivity index (χ2v) is 6.86. The number of aryl methyl sites for hydroxylation is 2. The van der Waals surface area contributed by atoms with Crippen LogP contribution in [0.25, 0.3) is 0 Å². The van der Waals surface area contributed by atoms with Crippen LogP contribution in [0.1, 0.15) is 33.5 Å². The molecular formula is C16H17NO7S. The number of hydrogen-bond acceptors (Lipinski definition) is 6. The number of methoxy groups -OCH3 is 1. The molecule has 134 valence electrons. The highest BCUT2D eigenvalue weighted by Gasteiger charge is 2.35. The lowest BCUT2D eigenvalue weighted by atomic mass is 10.1. The predicted molar refractivity (Wildman–Crippen MR) is 86.7 cm³/mol. The lowest BCUT2D eigenvalue weighted by Crippen LogP contribution is -2.34. The topological polar surface area (TPSA) is 123 Å². The zero-order chi connectivity index (χ0) is 18.8. The Kier molecular flexibility index (Phi) is 5.29. The van der Waals surface area contributed by atoms with E-state index in [1.807, 2.05) is 0 Å². The Hall–Kier alpha value is -2.65. The molecule has 25 heavy (non-hydrogen) atoms. The number of ether oxygens (including phenoxy) is 1. The zero-order valence-electron chi connectivity index (χ0n) is 13.8. The molecule has 0 radical (unpaired) electrons. The third-order valence-electron chi connectivity index (χ3n) is 3.52. The first-order valence-corrected chi connectivity index (χ1v) is 8.65. The molecule has 0 unspecified atom stereocenters. The van der Waals surface area contributed by atoms with Crippen molar-refractivity contribution < 1.29 is 32.3 Å². The van der Waals surface area contributed by atoms with Crippen LogP contribution in [0.4, 0.5) is 0 Å². The summed E-state index contributed by atoms with van der Waals surface area (Å²) in [4.78, 5) is 23.0.